The van der Waals surface area contributed by atoms with Crippen molar-refractivity contribution in [3.8, 4) is 11.1 Å². The number of aryl methyl sites for hydroxylation is 3. The summed E-state index contributed by atoms with van der Waals surface area (Å²) in [5.74, 6) is 0.890. The monoisotopic (exact) mass is 431 g/mol. The molecule has 0 saturated carbocycles. The van der Waals surface area contributed by atoms with Gasteiger partial charge in [0, 0.05) is 52.6 Å². The Morgan fingerprint density at radius 1 is 1.03 bits per heavy atom. The summed E-state index contributed by atoms with van der Waals surface area (Å²) in [4.78, 5) is 15.2. The van der Waals surface area contributed by atoms with E-state index in [1.807, 2.05) is 44.7 Å². The van der Waals surface area contributed by atoms with E-state index >= 15 is 0 Å². The maximum atomic E-state index is 13.3. The summed E-state index contributed by atoms with van der Waals surface area (Å²) in [6.07, 6.45) is 0.104. The molecule has 1 aliphatic heterocycles. The number of ether oxygens (including phenoxy) is 1. The fourth-order valence-electron chi connectivity index (χ4n) is 5.15. The Balaban J connectivity index is 1.61. The molecule has 4 aromatic rings. The minimum Gasteiger partial charge on any atom is -0.372 e. The van der Waals surface area contributed by atoms with E-state index in [9.17, 15) is 4.79 Å². The van der Waals surface area contributed by atoms with Gasteiger partial charge in [-0.25, -0.2) is 0 Å². The Hall–Kier alpha value is -3.12. The summed E-state index contributed by atoms with van der Waals surface area (Å²) in [7, 11) is 0. The molecule has 1 aliphatic rings. The SMILES string of the molecule is CCn1c2ccc(-c3c(C)noc3C)cc2c2ccc(C(=O)N3C[C@@H](C)O[C@@H](C)C3)cc21. The molecule has 2 aromatic heterocycles. The van der Waals surface area contributed by atoms with Crippen LogP contribution in [0.2, 0.25) is 0 Å². The highest BCUT2D eigenvalue weighted by Gasteiger charge is 2.27. The second-order valence-electron chi connectivity index (χ2n) is 8.87. The van der Waals surface area contributed by atoms with E-state index in [1.54, 1.807) is 0 Å². The van der Waals surface area contributed by atoms with Gasteiger partial charge in [0.2, 0.25) is 0 Å². The zero-order valence-corrected chi connectivity index (χ0v) is 19.3. The van der Waals surface area contributed by atoms with Crippen LogP contribution in [0, 0.1) is 13.8 Å². The van der Waals surface area contributed by atoms with Gasteiger partial charge < -0.3 is 18.7 Å². The fourth-order valence-corrected chi connectivity index (χ4v) is 5.15. The van der Waals surface area contributed by atoms with Gasteiger partial charge in [0.05, 0.1) is 17.9 Å². The van der Waals surface area contributed by atoms with Crippen LogP contribution in [0.25, 0.3) is 32.9 Å². The molecule has 3 heterocycles. The molecule has 0 radical (unpaired) electrons. The molecule has 6 heteroatoms. The maximum Gasteiger partial charge on any atom is 0.254 e. The van der Waals surface area contributed by atoms with E-state index < -0.39 is 0 Å². The Kier molecular flexibility index (Phi) is 5.05. The van der Waals surface area contributed by atoms with Crippen LogP contribution in [0.15, 0.2) is 40.9 Å². The molecule has 32 heavy (non-hydrogen) atoms. The number of amides is 1. The summed E-state index contributed by atoms with van der Waals surface area (Å²) >= 11 is 0. The Morgan fingerprint density at radius 2 is 1.78 bits per heavy atom. The van der Waals surface area contributed by atoms with E-state index in [2.05, 4.69) is 40.9 Å². The summed E-state index contributed by atoms with van der Waals surface area (Å²) in [6.45, 7) is 12.2. The van der Waals surface area contributed by atoms with E-state index in [-0.39, 0.29) is 18.1 Å². The van der Waals surface area contributed by atoms with Crippen LogP contribution in [-0.4, -0.2) is 45.8 Å². The smallest absolute Gasteiger partial charge is 0.254 e. The number of rotatable bonds is 3. The van der Waals surface area contributed by atoms with Crippen molar-refractivity contribution >= 4 is 27.7 Å². The van der Waals surface area contributed by atoms with Gasteiger partial charge in [0.15, 0.2) is 0 Å². The van der Waals surface area contributed by atoms with Crippen molar-refractivity contribution in [2.75, 3.05) is 13.1 Å². The molecule has 5 rings (SSSR count). The molecule has 0 bridgehead atoms. The van der Waals surface area contributed by atoms with Crippen LogP contribution >= 0.6 is 0 Å². The Labute approximate surface area is 187 Å². The standard InChI is InChI=1S/C26H29N3O3/c1-6-29-23-10-8-19(25-17(4)27-32-18(25)5)11-22(23)21-9-7-20(12-24(21)29)26(30)28-13-15(2)31-16(3)14-28/h7-12,15-16H,6,13-14H2,1-5H3/t15-,16+. The predicted octanol–water partition coefficient (Wildman–Crippen LogP) is 5.34. The molecule has 2 atom stereocenters. The molecule has 0 N–H and O–H groups in total. The Morgan fingerprint density at radius 3 is 2.44 bits per heavy atom. The highest BCUT2D eigenvalue weighted by molar-refractivity contribution is 6.11. The molecule has 2 aromatic carbocycles. The van der Waals surface area contributed by atoms with Crippen LogP contribution < -0.4 is 0 Å². The van der Waals surface area contributed by atoms with E-state index in [1.165, 1.54) is 5.39 Å². The highest BCUT2D eigenvalue weighted by Crippen LogP contribution is 2.35. The molecule has 1 fully saturated rings. The number of carbonyl (C=O) groups excluding carboxylic acids is 1. The lowest BCUT2D eigenvalue weighted by Gasteiger charge is -2.35. The number of hydrogen-bond acceptors (Lipinski definition) is 4. The number of carbonyl (C=O) groups is 1. The first-order chi connectivity index (χ1) is 15.4. The second kappa shape index (κ2) is 7.78. The lowest BCUT2D eigenvalue weighted by Crippen LogP contribution is -2.48. The van der Waals surface area contributed by atoms with Crippen molar-refractivity contribution in [2.24, 2.45) is 0 Å². The third-order valence-corrected chi connectivity index (χ3v) is 6.46. The van der Waals surface area contributed by atoms with Crippen LogP contribution in [0.1, 0.15) is 42.6 Å². The highest BCUT2D eigenvalue weighted by atomic mass is 16.5. The van der Waals surface area contributed by atoms with Gasteiger partial charge >= 0.3 is 0 Å². The number of fused-ring (bicyclic) bond motifs is 3. The zero-order chi connectivity index (χ0) is 22.6. The Bertz CT molecular complexity index is 1300. The number of nitrogens with zero attached hydrogens (tertiary/aromatic N) is 3. The zero-order valence-electron chi connectivity index (χ0n) is 19.3. The first-order valence-electron chi connectivity index (χ1n) is 11.3. The second-order valence-corrected chi connectivity index (χ2v) is 8.87. The summed E-state index contributed by atoms with van der Waals surface area (Å²) in [5, 5.41) is 6.43. The number of hydrogen-bond donors (Lipinski definition) is 0. The lowest BCUT2D eigenvalue weighted by molar-refractivity contribution is -0.0586. The predicted molar refractivity (Wildman–Crippen MR) is 126 cm³/mol. The lowest BCUT2D eigenvalue weighted by atomic mass is 10.0. The molecule has 0 unspecified atom stereocenters. The number of morpholine rings is 1. The van der Waals surface area contributed by atoms with Gasteiger partial charge in [-0.15, -0.1) is 0 Å². The van der Waals surface area contributed by atoms with Crippen molar-refractivity contribution in [3.63, 3.8) is 0 Å². The normalized spacial score (nSPS) is 19.2. The third kappa shape index (κ3) is 3.30. The molecular formula is C26H29N3O3. The van der Waals surface area contributed by atoms with Crippen molar-refractivity contribution in [2.45, 2.75) is 53.4 Å². The van der Waals surface area contributed by atoms with Gasteiger partial charge in [-0.2, -0.15) is 0 Å². The van der Waals surface area contributed by atoms with Crippen LogP contribution in [0.3, 0.4) is 0 Å². The minimum absolute atomic E-state index is 0.0521. The van der Waals surface area contributed by atoms with E-state index in [0.29, 0.717) is 13.1 Å². The van der Waals surface area contributed by atoms with Gasteiger partial charge in [-0.1, -0.05) is 17.3 Å². The van der Waals surface area contributed by atoms with Crippen LogP contribution in [0.4, 0.5) is 0 Å². The minimum atomic E-state index is 0.0521. The van der Waals surface area contributed by atoms with Crippen molar-refractivity contribution < 1.29 is 14.1 Å². The van der Waals surface area contributed by atoms with Crippen molar-refractivity contribution in [1.29, 1.82) is 0 Å². The van der Waals surface area contributed by atoms with Crippen molar-refractivity contribution in [1.82, 2.24) is 14.6 Å². The summed E-state index contributed by atoms with van der Waals surface area (Å²) < 4.78 is 13.5. The molecule has 1 amide bonds. The van der Waals surface area contributed by atoms with Gasteiger partial charge in [0.25, 0.3) is 5.91 Å². The quantitative estimate of drug-likeness (QED) is 0.440. The number of aromatic nitrogens is 2. The summed E-state index contributed by atoms with van der Waals surface area (Å²) in [6, 6.07) is 12.6. The van der Waals surface area contributed by atoms with Crippen LogP contribution in [-0.2, 0) is 11.3 Å². The van der Waals surface area contributed by atoms with E-state index in [0.717, 1.165) is 51.1 Å². The van der Waals surface area contributed by atoms with Crippen LogP contribution in [0.5, 0.6) is 0 Å². The maximum absolute atomic E-state index is 13.3. The summed E-state index contributed by atoms with van der Waals surface area (Å²) in [5.41, 5.74) is 6.01. The molecule has 1 saturated heterocycles. The first kappa shape index (κ1) is 20.8. The molecular weight excluding hydrogens is 402 g/mol. The fraction of sp³-hybridized carbons (Fsp3) is 0.385. The van der Waals surface area contributed by atoms with E-state index in [4.69, 9.17) is 9.26 Å². The topological polar surface area (TPSA) is 60.5 Å². The van der Waals surface area contributed by atoms with Crippen molar-refractivity contribution in [3.05, 3.63) is 53.4 Å². The first-order valence-corrected chi connectivity index (χ1v) is 11.3. The average molecular weight is 432 g/mol. The van der Waals surface area contributed by atoms with Gasteiger partial charge in [0.1, 0.15) is 5.76 Å². The number of benzene rings is 2. The molecule has 166 valence electrons. The molecule has 6 nitrogen and oxygen atoms in total. The van der Waals surface area contributed by atoms with Gasteiger partial charge in [-0.3, -0.25) is 4.79 Å². The third-order valence-electron chi connectivity index (χ3n) is 6.46. The molecule has 0 spiro atoms. The molecule has 0 aliphatic carbocycles. The largest absolute Gasteiger partial charge is 0.372 e. The van der Waals surface area contributed by atoms with Gasteiger partial charge in [-0.05, 0) is 64.4 Å². The average Bonchev–Trinajstić information content (AvgIpc) is 3.27.